The molecule has 5 N–H and O–H groups in total. The van der Waals surface area contributed by atoms with Crippen LogP contribution in [0.2, 0.25) is 0 Å². The summed E-state index contributed by atoms with van der Waals surface area (Å²) in [5.41, 5.74) is 7.75. The molecule has 0 spiro atoms. The summed E-state index contributed by atoms with van der Waals surface area (Å²) in [5.74, 6) is 6.52. The second-order valence-corrected chi connectivity index (χ2v) is 6.75. The molecule has 1 aliphatic heterocycles. The second-order valence-electron chi connectivity index (χ2n) is 6.75. The quantitative estimate of drug-likeness (QED) is 0.453. The van der Waals surface area contributed by atoms with Crippen LogP contribution in [0.5, 0.6) is 0 Å². The Hall–Kier alpha value is -3.03. The van der Waals surface area contributed by atoms with Gasteiger partial charge in [0.25, 0.3) is 0 Å². The predicted octanol–water partition coefficient (Wildman–Crippen LogP) is 0.00430. The maximum atomic E-state index is 10.4. The number of anilines is 1. The number of nitrogens with two attached hydrogens (primary N) is 1. The first-order valence-electron chi connectivity index (χ1n) is 9.23. The summed E-state index contributed by atoms with van der Waals surface area (Å²) in [5, 5.41) is 30.0. The number of imidazole rings is 1. The Labute approximate surface area is 166 Å². The molecule has 1 aromatic carbocycles. The number of hydrogen-bond acceptors (Lipinski definition) is 8. The van der Waals surface area contributed by atoms with Crippen molar-refractivity contribution in [2.24, 2.45) is 0 Å². The van der Waals surface area contributed by atoms with E-state index in [9.17, 15) is 15.3 Å². The summed E-state index contributed by atoms with van der Waals surface area (Å²) in [4.78, 5) is 12.6. The van der Waals surface area contributed by atoms with Crippen molar-refractivity contribution < 1.29 is 20.1 Å². The summed E-state index contributed by atoms with van der Waals surface area (Å²) in [6.07, 6.45) is -1.81. The van der Waals surface area contributed by atoms with Crippen molar-refractivity contribution in [3.8, 4) is 11.8 Å². The topological polar surface area (TPSA) is 140 Å². The third-order valence-electron chi connectivity index (χ3n) is 4.86. The molecular weight excluding hydrogens is 374 g/mol. The molecule has 4 rings (SSSR count). The van der Waals surface area contributed by atoms with Gasteiger partial charge in [-0.2, -0.15) is 0 Å². The number of hydrogen-bond donors (Lipinski definition) is 4. The van der Waals surface area contributed by atoms with Crippen LogP contribution in [0.15, 0.2) is 36.7 Å². The van der Waals surface area contributed by atoms with E-state index in [0.717, 1.165) is 6.42 Å². The SMILES string of the molecule is Nc1ncnc2c1nc(C#CCCc1ccccc1)n2[C@@H]1O[C@H](CO)[C@@H](O)[C@H]1O. The Balaban J connectivity index is 1.68. The van der Waals surface area contributed by atoms with E-state index in [0.29, 0.717) is 17.6 Å². The summed E-state index contributed by atoms with van der Waals surface area (Å²) >= 11 is 0. The van der Waals surface area contributed by atoms with Crippen molar-refractivity contribution >= 4 is 17.0 Å². The van der Waals surface area contributed by atoms with Crippen molar-refractivity contribution in [1.29, 1.82) is 0 Å². The zero-order valence-electron chi connectivity index (χ0n) is 15.5. The van der Waals surface area contributed by atoms with Gasteiger partial charge in [0.05, 0.1) is 6.61 Å². The van der Waals surface area contributed by atoms with Gasteiger partial charge in [-0.1, -0.05) is 36.3 Å². The van der Waals surface area contributed by atoms with E-state index >= 15 is 0 Å². The standard InChI is InChI=1S/C20H21N5O4/c21-18-15-19(23-11-22-18)25(20-17(28)16(27)13(10-26)29-20)14(24-15)9-5-4-8-12-6-2-1-3-7-12/h1-3,6-7,11,13,16-17,20,26-28H,4,8,10H2,(H2,21,22,23)/t13-,16-,17-,20-/m1/s1. The lowest BCUT2D eigenvalue weighted by atomic mass is 10.1. The molecule has 9 heteroatoms. The third-order valence-corrected chi connectivity index (χ3v) is 4.86. The number of rotatable bonds is 4. The van der Waals surface area contributed by atoms with Crippen LogP contribution in [0.4, 0.5) is 5.82 Å². The van der Waals surface area contributed by atoms with Crippen molar-refractivity contribution in [3.05, 3.63) is 48.0 Å². The lowest BCUT2D eigenvalue weighted by molar-refractivity contribution is -0.0514. The Morgan fingerprint density at radius 2 is 1.93 bits per heavy atom. The Morgan fingerprint density at radius 1 is 1.14 bits per heavy atom. The third kappa shape index (κ3) is 3.66. The van der Waals surface area contributed by atoms with Gasteiger partial charge in [0, 0.05) is 6.42 Å². The maximum absolute atomic E-state index is 10.4. The van der Waals surface area contributed by atoms with Gasteiger partial charge in [0.2, 0.25) is 0 Å². The molecule has 2 aromatic heterocycles. The fraction of sp³-hybridized carbons (Fsp3) is 0.350. The zero-order chi connectivity index (χ0) is 20.4. The molecule has 9 nitrogen and oxygen atoms in total. The van der Waals surface area contributed by atoms with Gasteiger partial charge >= 0.3 is 0 Å². The molecule has 1 saturated heterocycles. The molecule has 3 heterocycles. The lowest BCUT2D eigenvalue weighted by Gasteiger charge is -2.17. The van der Waals surface area contributed by atoms with E-state index in [2.05, 4.69) is 26.8 Å². The number of benzene rings is 1. The number of aliphatic hydroxyl groups is 3. The van der Waals surface area contributed by atoms with Gasteiger partial charge in [-0.3, -0.25) is 4.57 Å². The van der Waals surface area contributed by atoms with E-state index in [-0.39, 0.29) is 11.6 Å². The van der Waals surface area contributed by atoms with Crippen molar-refractivity contribution in [2.75, 3.05) is 12.3 Å². The number of fused-ring (bicyclic) bond motifs is 1. The second kappa shape index (κ2) is 8.14. The molecule has 1 fully saturated rings. The summed E-state index contributed by atoms with van der Waals surface area (Å²) < 4.78 is 7.14. The first-order valence-corrected chi connectivity index (χ1v) is 9.23. The highest BCUT2D eigenvalue weighted by Gasteiger charge is 2.44. The van der Waals surface area contributed by atoms with Gasteiger partial charge in [0.15, 0.2) is 29.0 Å². The first kappa shape index (κ1) is 19.3. The monoisotopic (exact) mass is 395 g/mol. The molecule has 0 bridgehead atoms. The Morgan fingerprint density at radius 3 is 2.66 bits per heavy atom. The Bertz CT molecular complexity index is 1060. The van der Waals surface area contributed by atoms with E-state index in [1.165, 1.54) is 16.5 Å². The lowest BCUT2D eigenvalue weighted by Crippen LogP contribution is -2.33. The van der Waals surface area contributed by atoms with Crippen molar-refractivity contribution in [2.45, 2.75) is 37.4 Å². The van der Waals surface area contributed by atoms with Crippen molar-refractivity contribution in [3.63, 3.8) is 0 Å². The van der Waals surface area contributed by atoms with Crippen LogP contribution >= 0.6 is 0 Å². The Kier molecular flexibility index (Phi) is 5.42. The average Bonchev–Trinajstić information content (AvgIpc) is 3.24. The molecule has 0 amide bonds. The number of ether oxygens (including phenoxy) is 1. The van der Waals surface area contributed by atoms with Crippen LogP contribution in [0, 0.1) is 11.8 Å². The minimum atomic E-state index is -1.29. The highest BCUT2D eigenvalue weighted by molar-refractivity contribution is 5.82. The van der Waals surface area contributed by atoms with Crippen molar-refractivity contribution in [1.82, 2.24) is 19.5 Å². The molecule has 0 saturated carbocycles. The van der Waals surface area contributed by atoms with Gasteiger partial charge < -0.3 is 25.8 Å². The highest BCUT2D eigenvalue weighted by Crippen LogP contribution is 2.33. The van der Waals surface area contributed by atoms with Crippen LogP contribution in [-0.4, -0.2) is 59.8 Å². The molecule has 0 unspecified atom stereocenters. The normalized spacial score (nSPS) is 23.8. The summed E-state index contributed by atoms with van der Waals surface area (Å²) in [6, 6.07) is 9.99. The first-order chi connectivity index (χ1) is 14.1. The van der Waals surface area contributed by atoms with Gasteiger partial charge in [-0.25, -0.2) is 15.0 Å². The molecule has 0 radical (unpaired) electrons. The molecular formula is C20H21N5O4. The number of nitrogen functional groups attached to an aromatic ring is 1. The van der Waals surface area contributed by atoms with Crippen LogP contribution < -0.4 is 5.73 Å². The largest absolute Gasteiger partial charge is 0.394 e. The van der Waals surface area contributed by atoms with Crippen LogP contribution in [0.25, 0.3) is 11.2 Å². The maximum Gasteiger partial charge on any atom is 0.189 e. The van der Waals surface area contributed by atoms with Crippen LogP contribution in [0.3, 0.4) is 0 Å². The minimum Gasteiger partial charge on any atom is -0.394 e. The van der Waals surface area contributed by atoms with E-state index in [4.69, 9.17) is 10.5 Å². The fourth-order valence-electron chi connectivity index (χ4n) is 3.34. The van der Waals surface area contributed by atoms with E-state index in [1.807, 2.05) is 30.3 Å². The average molecular weight is 395 g/mol. The summed E-state index contributed by atoms with van der Waals surface area (Å²) in [7, 11) is 0. The van der Waals surface area contributed by atoms with Gasteiger partial charge in [-0.15, -0.1) is 0 Å². The number of aryl methyl sites for hydroxylation is 1. The molecule has 4 atom stereocenters. The van der Waals surface area contributed by atoms with Gasteiger partial charge in [0.1, 0.15) is 24.6 Å². The minimum absolute atomic E-state index is 0.174. The van der Waals surface area contributed by atoms with Gasteiger partial charge in [-0.05, 0) is 17.9 Å². The van der Waals surface area contributed by atoms with E-state index in [1.54, 1.807) is 0 Å². The van der Waals surface area contributed by atoms with Crippen LogP contribution in [0.1, 0.15) is 24.0 Å². The summed E-state index contributed by atoms with van der Waals surface area (Å²) in [6.45, 7) is -0.434. The molecule has 150 valence electrons. The molecule has 3 aromatic rings. The zero-order valence-corrected chi connectivity index (χ0v) is 15.5. The van der Waals surface area contributed by atoms with Crippen LogP contribution in [-0.2, 0) is 11.2 Å². The highest BCUT2D eigenvalue weighted by atomic mass is 16.6. The smallest absolute Gasteiger partial charge is 0.189 e. The van der Waals surface area contributed by atoms with E-state index < -0.39 is 31.1 Å². The number of nitrogens with zero attached hydrogens (tertiary/aromatic N) is 4. The molecule has 29 heavy (non-hydrogen) atoms. The fourth-order valence-corrected chi connectivity index (χ4v) is 3.34. The predicted molar refractivity (Wildman–Crippen MR) is 104 cm³/mol. The molecule has 1 aliphatic rings. The number of aromatic nitrogens is 4. The molecule has 0 aliphatic carbocycles. The number of aliphatic hydroxyl groups excluding tert-OH is 3.